The Morgan fingerprint density at radius 3 is 2.16 bits per heavy atom. The molecule has 0 saturated carbocycles. The Kier molecular flexibility index (Phi) is 9.87. The van der Waals surface area contributed by atoms with E-state index in [-0.39, 0.29) is 17.6 Å². The molecule has 4 atom stereocenters. The van der Waals surface area contributed by atoms with E-state index in [1.54, 1.807) is 24.1 Å². The van der Waals surface area contributed by atoms with Crippen LogP contribution in [0.25, 0.3) is 5.69 Å². The minimum atomic E-state index is -0.996. The predicted molar refractivity (Wildman–Crippen MR) is 187 cm³/mol. The molecular formula is C37H42F2N8O4. The molecule has 2 saturated heterocycles. The summed E-state index contributed by atoms with van der Waals surface area (Å²) in [5.74, 6) is -0.542. The molecule has 2 aliphatic heterocycles. The van der Waals surface area contributed by atoms with Gasteiger partial charge in [-0.3, -0.25) is 0 Å². The molecule has 12 nitrogen and oxygen atoms in total. The van der Waals surface area contributed by atoms with E-state index in [1.807, 2.05) is 43.3 Å². The van der Waals surface area contributed by atoms with Gasteiger partial charge in [-0.15, -0.1) is 10.2 Å². The molecule has 2 fully saturated rings. The molecule has 268 valence electrons. The number of nitrogens with zero attached hydrogens (tertiary/aromatic N) is 8. The highest BCUT2D eigenvalue weighted by atomic mass is 19.1. The summed E-state index contributed by atoms with van der Waals surface area (Å²) in [6.45, 7) is 8.03. The normalized spacial score (nSPS) is 20.5. The van der Waals surface area contributed by atoms with E-state index in [4.69, 9.17) is 9.47 Å². The minimum absolute atomic E-state index is 0.00471. The Morgan fingerprint density at radius 2 is 1.55 bits per heavy atom. The molecule has 14 heteroatoms. The van der Waals surface area contributed by atoms with Gasteiger partial charge in [0.25, 0.3) is 0 Å². The van der Waals surface area contributed by atoms with Crippen molar-refractivity contribution in [2.24, 2.45) is 5.92 Å². The molecule has 2 aliphatic rings. The largest absolute Gasteiger partial charge is 0.493 e. The van der Waals surface area contributed by atoms with Crippen LogP contribution in [0.5, 0.6) is 5.75 Å². The molecule has 3 aromatic carbocycles. The second-order valence-corrected chi connectivity index (χ2v) is 13.4. The van der Waals surface area contributed by atoms with Crippen LogP contribution < -0.4 is 20.2 Å². The first-order valence-corrected chi connectivity index (χ1v) is 17.3. The first kappa shape index (κ1) is 34.4. The lowest BCUT2D eigenvalue weighted by Gasteiger charge is -2.37. The van der Waals surface area contributed by atoms with Gasteiger partial charge in [0.2, 0.25) is 0 Å². The number of hydrogen-bond donors (Lipinski definition) is 1. The Balaban J connectivity index is 0.923. The van der Waals surface area contributed by atoms with E-state index in [9.17, 15) is 18.7 Å². The van der Waals surface area contributed by atoms with Gasteiger partial charge in [0.15, 0.2) is 0 Å². The van der Waals surface area contributed by atoms with Crippen molar-refractivity contribution in [1.82, 2.24) is 29.1 Å². The van der Waals surface area contributed by atoms with Gasteiger partial charge < -0.3 is 28.9 Å². The van der Waals surface area contributed by atoms with Gasteiger partial charge in [0.1, 0.15) is 42.0 Å². The molecule has 4 unspecified atom stereocenters. The number of aliphatic hydroxyl groups is 1. The standard InChI is InChI=1S/C37H42F2N8O4/c1-3-35(26(2)48)47-36(49)46(25-42-47)31-7-5-29(6-8-31)44-14-16-45(17-15-44)30-9-11-32(12-10-30)50-20-27-19-37(51-21-27,22-43-23-40-41-24-43)33-13-4-28(38)18-34(33)39/h4-13,18,23-27,35,48H,3,14-17,19-22H2,1-2H3. The quantitative estimate of drug-likeness (QED) is 0.200. The van der Waals surface area contributed by atoms with Crippen LogP contribution in [0, 0.1) is 17.6 Å². The van der Waals surface area contributed by atoms with Crippen LogP contribution in [0.3, 0.4) is 0 Å². The van der Waals surface area contributed by atoms with Crippen LogP contribution in [-0.2, 0) is 16.9 Å². The van der Waals surface area contributed by atoms with Gasteiger partial charge in [-0.25, -0.2) is 22.8 Å². The fourth-order valence-electron chi connectivity index (χ4n) is 7.26. The summed E-state index contributed by atoms with van der Waals surface area (Å²) >= 11 is 0. The van der Waals surface area contributed by atoms with Crippen molar-refractivity contribution >= 4 is 11.4 Å². The molecule has 5 aromatic rings. The summed E-state index contributed by atoms with van der Waals surface area (Å²) in [5.41, 5.74) is 1.96. The zero-order chi connectivity index (χ0) is 35.5. The van der Waals surface area contributed by atoms with E-state index in [0.29, 0.717) is 38.2 Å². The van der Waals surface area contributed by atoms with Crippen LogP contribution in [0.1, 0.15) is 38.3 Å². The number of halogens is 2. The zero-order valence-corrected chi connectivity index (χ0v) is 28.7. The summed E-state index contributed by atoms with van der Waals surface area (Å²) in [4.78, 5) is 17.7. The van der Waals surface area contributed by atoms with E-state index in [2.05, 4.69) is 37.2 Å². The maximum Gasteiger partial charge on any atom is 0.350 e. The van der Waals surface area contributed by atoms with Crippen LogP contribution in [0.15, 0.2) is 90.5 Å². The van der Waals surface area contributed by atoms with Crippen molar-refractivity contribution in [1.29, 1.82) is 0 Å². The van der Waals surface area contributed by atoms with Crippen LogP contribution in [0.4, 0.5) is 20.2 Å². The number of benzene rings is 3. The molecule has 4 heterocycles. The Bertz CT molecular complexity index is 1960. The molecule has 2 aromatic heterocycles. The molecule has 0 bridgehead atoms. The van der Waals surface area contributed by atoms with E-state index < -0.39 is 23.3 Å². The number of anilines is 2. The van der Waals surface area contributed by atoms with Gasteiger partial charge >= 0.3 is 5.69 Å². The van der Waals surface area contributed by atoms with Crippen LogP contribution in [-0.4, -0.2) is 79.7 Å². The molecule has 0 spiro atoms. The number of hydrogen-bond acceptors (Lipinski definition) is 9. The SMILES string of the molecule is CCC(C(C)O)n1ncn(-c2ccc(N3CCN(c4ccc(OCC5COC(Cn6cnnc6)(c6ccc(F)cc6F)C5)cc4)CC3)cc2)c1=O. The lowest BCUT2D eigenvalue weighted by Crippen LogP contribution is -2.46. The summed E-state index contributed by atoms with van der Waals surface area (Å²) in [5, 5.41) is 22.0. The average Bonchev–Trinajstić information content (AvgIpc) is 3.90. The second kappa shape index (κ2) is 14.6. The number of piperazine rings is 1. The monoisotopic (exact) mass is 700 g/mol. The Hall–Kier alpha value is -5.08. The summed E-state index contributed by atoms with van der Waals surface area (Å²) in [7, 11) is 0. The van der Waals surface area contributed by atoms with Crippen molar-refractivity contribution in [2.75, 3.05) is 49.2 Å². The van der Waals surface area contributed by atoms with Crippen molar-refractivity contribution in [3.63, 3.8) is 0 Å². The van der Waals surface area contributed by atoms with E-state index in [0.717, 1.165) is 55.1 Å². The third-order valence-corrected chi connectivity index (χ3v) is 9.98. The van der Waals surface area contributed by atoms with E-state index in [1.165, 1.54) is 27.7 Å². The molecule has 0 radical (unpaired) electrons. The average molecular weight is 701 g/mol. The highest BCUT2D eigenvalue weighted by molar-refractivity contribution is 5.54. The van der Waals surface area contributed by atoms with Gasteiger partial charge in [0, 0.05) is 55.1 Å². The van der Waals surface area contributed by atoms with Gasteiger partial charge in [0.05, 0.1) is 37.6 Å². The van der Waals surface area contributed by atoms with Crippen molar-refractivity contribution in [2.45, 2.75) is 51.0 Å². The molecule has 51 heavy (non-hydrogen) atoms. The molecule has 1 N–H and O–H groups in total. The number of aliphatic hydroxyl groups excluding tert-OH is 1. The fourth-order valence-corrected chi connectivity index (χ4v) is 7.26. The summed E-state index contributed by atoms with van der Waals surface area (Å²) in [6.07, 6.45) is 5.04. The lowest BCUT2D eigenvalue weighted by molar-refractivity contribution is -0.0181. The highest BCUT2D eigenvalue weighted by Crippen LogP contribution is 2.42. The smallest absolute Gasteiger partial charge is 0.350 e. The minimum Gasteiger partial charge on any atom is -0.493 e. The maximum absolute atomic E-state index is 15.0. The first-order valence-electron chi connectivity index (χ1n) is 17.3. The van der Waals surface area contributed by atoms with Crippen molar-refractivity contribution < 1.29 is 23.4 Å². The lowest BCUT2D eigenvalue weighted by atomic mass is 9.86. The van der Waals surface area contributed by atoms with Gasteiger partial charge in [-0.2, -0.15) is 5.10 Å². The van der Waals surface area contributed by atoms with Crippen LogP contribution >= 0.6 is 0 Å². The molecule has 0 aliphatic carbocycles. The molecular weight excluding hydrogens is 658 g/mol. The Labute approximate surface area is 294 Å². The second-order valence-electron chi connectivity index (χ2n) is 13.4. The van der Waals surface area contributed by atoms with Crippen LogP contribution in [0.2, 0.25) is 0 Å². The summed E-state index contributed by atoms with van der Waals surface area (Å²) < 4.78 is 45.7. The van der Waals surface area contributed by atoms with E-state index >= 15 is 0 Å². The highest BCUT2D eigenvalue weighted by Gasteiger charge is 2.44. The fraction of sp³-hybridized carbons (Fsp3) is 0.405. The predicted octanol–water partition coefficient (Wildman–Crippen LogP) is 4.57. The molecule has 0 amide bonds. The zero-order valence-electron chi connectivity index (χ0n) is 28.7. The third-order valence-electron chi connectivity index (χ3n) is 9.98. The van der Waals surface area contributed by atoms with Crippen molar-refractivity contribution in [3.05, 3.63) is 113 Å². The van der Waals surface area contributed by atoms with Gasteiger partial charge in [-0.05, 0) is 74.4 Å². The summed E-state index contributed by atoms with van der Waals surface area (Å²) in [6, 6.07) is 19.2. The number of rotatable bonds is 12. The number of aromatic nitrogens is 6. The third kappa shape index (κ3) is 7.24. The number of ether oxygens (including phenoxy) is 2. The Morgan fingerprint density at radius 1 is 0.922 bits per heavy atom. The maximum atomic E-state index is 15.0. The topological polar surface area (TPSA) is 116 Å². The first-order chi connectivity index (χ1) is 24.7. The molecule has 7 rings (SSSR count). The van der Waals surface area contributed by atoms with Gasteiger partial charge in [-0.1, -0.05) is 13.0 Å². The van der Waals surface area contributed by atoms with Crippen molar-refractivity contribution in [3.8, 4) is 11.4 Å².